The van der Waals surface area contributed by atoms with E-state index >= 15 is 0 Å². The smallest absolute Gasteiger partial charge is 0.225 e. The zero-order valence-electron chi connectivity index (χ0n) is 12.5. The summed E-state index contributed by atoms with van der Waals surface area (Å²) in [5.41, 5.74) is 0. The van der Waals surface area contributed by atoms with Crippen molar-refractivity contribution < 1.29 is 4.79 Å². The van der Waals surface area contributed by atoms with E-state index in [0.29, 0.717) is 12.3 Å². The number of hydrogen-bond acceptors (Lipinski definition) is 4. The Morgan fingerprint density at radius 2 is 2.23 bits per heavy atom. The van der Waals surface area contributed by atoms with E-state index in [1.807, 2.05) is 17.5 Å². The van der Waals surface area contributed by atoms with Gasteiger partial charge in [-0.15, -0.1) is 21.5 Å². The number of amides is 1. The molecule has 1 aliphatic heterocycles. The van der Waals surface area contributed by atoms with E-state index in [1.54, 1.807) is 11.3 Å². The third-order valence-electron chi connectivity index (χ3n) is 4.50. The van der Waals surface area contributed by atoms with E-state index in [1.165, 1.54) is 18.7 Å². The van der Waals surface area contributed by atoms with Crippen LogP contribution >= 0.6 is 11.3 Å². The molecule has 0 aromatic carbocycles. The topological polar surface area (TPSA) is 59.8 Å². The van der Waals surface area contributed by atoms with Crippen LogP contribution in [0.4, 0.5) is 0 Å². The highest BCUT2D eigenvalue weighted by atomic mass is 32.1. The first kappa shape index (κ1) is 13.9. The van der Waals surface area contributed by atoms with Crippen LogP contribution in [0.1, 0.15) is 48.1 Å². The van der Waals surface area contributed by atoms with Crippen LogP contribution in [-0.2, 0) is 24.2 Å². The first-order valence-corrected chi connectivity index (χ1v) is 8.91. The average Bonchev–Trinajstić information content (AvgIpc) is 3.14. The van der Waals surface area contributed by atoms with Gasteiger partial charge in [-0.2, -0.15) is 0 Å². The van der Waals surface area contributed by atoms with Gasteiger partial charge in [-0.1, -0.05) is 6.07 Å². The van der Waals surface area contributed by atoms with Crippen LogP contribution in [0.3, 0.4) is 0 Å². The van der Waals surface area contributed by atoms with Gasteiger partial charge in [-0.25, -0.2) is 0 Å². The number of carbonyl (C=O) groups excluding carboxylic acids is 1. The largest absolute Gasteiger partial charge is 0.353 e. The summed E-state index contributed by atoms with van der Waals surface area (Å²) in [6, 6.07) is 4.26. The summed E-state index contributed by atoms with van der Waals surface area (Å²) in [5, 5.41) is 13.9. The summed E-state index contributed by atoms with van der Waals surface area (Å²) >= 11 is 1.64. The van der Waals surface area contributed by atoms with Crippen molar-refractivity contribution in [1.82, 2.24) is 20.1 Å². The third-order valence-corrected chi connectivity index (χ3v) is 5.37. The number of carbonyl (C=O) groups is 1. The molecule has 116 valence electrons. The van der Waals surface area contributed by atoms with E-state index in [4.69, 9.17) is 0 Å². The maximum absolute atomic E-state index is 12.1. The molecule has 1 saturated carbocycles. The Morgan fingerprint density at radius 3 is 3.00 bits per heavy atom. The molecule has 22 heavy (non-hydrogen) atoms. The van der Waals surface area contributed by atoms with E-state index in [2.05, 4.69) is 20.1 Å². The maximum atomic E-state index is 12.1. The Kier molecular flexibility index (Phi) is 3.70. The van der Waals surface area contributed by atoms with Crippen molar-refractivity contribution in [3.63, 3.8) is 0 Å². The Hall–Kier alpha value is -1.69. The van der Waals surface area contributed by atoms with Crippen molar-refractivity contribution in [1.29, 1.82) is 0 Å². The van der Waals surface area contributed by atoms with Gasteiger partial charge < -0.3 is 9.88 Å². The summed E-state index contributed by atoms with van der Waals surface area (Å²) in [7, 11) is 0. The highest BCUT2D eigenvalue weighted by Crippen LogP contribution is 2.39. The van der Waals surface area contributed by atoms with Gasteiger partial charge in [0.15, 0.2) is 0 Å². The molecular formula is C16H20N4OS. The number of thiophene rings is 1. The molecule has 4 rings (SSSR count). The number of aromatic nitrogens is 3. The van der Waals surface area contributed by atoms with Crippen LogP contribution < -0.4 is 5.32 Å². The van der Waals surface area contributed by atoms with Crippen LogP contribution in [-0.4, -0.2) is 26.7 Å². The lowest BCUT2D eigenvalue weighted by Crippen LogP contribution is -2.36. The molecule has 2 aromatic heterocycles. The molecule has 5 nitrogen and oxygen atoms in total. The molecule has 0 saturated heterocycles. The molecule has 0 bridgehead atoms. The average molecular weight is 316 g/mol. The SMILES string of the molecule is O=C(Cc1cccs1)NC1CCc2nnc(C3CC3)n2CC1. The number of nitrogens with zero attached hydrogens (tertiary/aromatic N) is 3. The molecule has 1 amide bonds. The maximum Gasteiger partial charge on any atom is 0.225 e. The summed E-state index contributed by atoms with van der Waals surface area (Å²) in [6.45, 7) is 0.929. The highest BCUT2D eigenvalue weighted by molar-refractivity contribution is 7.10. The summed E-state index contributed by atoms with van der Waals surface area (Å²) < 4.78 is 2.29. The Bertz CT molecular complexity index is 660. The molecule has 1 atom stereocenters. The van der Waals surface area contributed by atoms with Gasteiger partial charge in [0.25, 0.3) is 0 Å². The number of fused-ring (bicyclic) bond motifs is 1. The second kappa shape index (κ2) is 5.83. The molecule has 6 heteroatoms. The van der Waals surface area contributed by atoms with Crippen LogP contribution in [0.15, 0.2) is 17.5 Å². The lowest BCUT2D eigenvalue weighted by Gasteiger charge is -2.16. The minimum atomic E-state index is 0.132. The first-order chi connectivity index (χ1) is 10.8. The number of hydrogen-bond donors (Lipinski definition) is 1. The molecule has 1 fully saturated rings. The molecule has 0 spiro atoms. The summed E-state index contributed by atoms with van der Waals surface area (Å²) in [6.07, 6.45) is 5.83. The van der Waals surface area contributed by atoms with E-state index in [-0.39, 0.29) is 11.9 Å². The lowest BCUT2D eigenvalue weighted by molar-refractivity contribution is -0.121. The third kappa shape index (κ3) is 2.92. The van der Waals surface area contributed by atoms with Gasteiger partial charge in [0.2, 0.25) is 5.91 Å². The quantitative estimate of drug-likeness (QED) is 0.941. The van der Waals surface area contributed by atoms with Gasteiger partial charge in [0.05, 0.1) is 6.42 Å². The van der Waals surface area contributed by atoms with Crippen LogP contribution in [0.5, 0.6) is 0 Å². The van der Waals surface area contributed by atoms with Crippen LogP contribution in [0, 0.1) is 0 Å². The zero-order chi connectivity index (χ0) is 14.9. The molecule has 0 radical (unpaired) electrons. The molecule has 1 unspecified atom stereocenters. The zero-order valence-corrected chi connectivity index (χ0v) is 13.3. The van der Waals surface area contributed by atoms with Gasteiger partial charge in [0, 0.05) is 29.8 Å². The van der Waals surface area contributed by atoms with Crippen LogP contribution in [0.25, 0.3) is 0 Å². The highest BCUT2D eigenvalue weighted by Gasteiger charge is 2.31. The molecule has 2 aromatic rings. The predicted molar refractivity (Wildman–Crippen MR) is 84.9 cm³/mol. The fraction of sp³-hybridized carbons (Fsp3) is 0.562. The van der Waals surface area contributed by atoms with Gasteiger partial charge >= 0.3 is 0 Å². The molecule has 3 heterocycles. The van der Waals surface area contributed by atoms with Crippen molar-refractivity contribution in [3.8, 4) is 0 Å². The van der Waals surface area contributed by atoms with Crippen molar-refractivity contribution in [2.24, 2.45) is 0 Å². The lowest BCUT2D eigenvalue weighted by atomic mass is 10.1. The minimum absolute atomic E-state index is 0.132. The van der Waals surface area contributed by atoms with Gasteiger partial charge in [-0.3, -0.25) is 4.79 Å². The van der Waals surface area contributed by atoms with Crippen molar-refractivity contribution in [2.45, 2.75) is 57.0 Å². The number of nitrogens with one attached hydrogen (secondary N) is 1. The number of rotatable bonds is 4. The Balaban J connectivity index is 1.36. The summed E-state index contributed by atoms with van der Waals surface area (Å²) in [5.74, 6) is 3.02. The molecule has 2 aliphatic rings. The standard InChI is InChI=1S/C16H20N4OS/c21-15(10-13-2-1-9-22-13)17-12-5-6-14-18-19-16(11-3-4-11)20(14)8-7-12/h1-2,9,11-12H,3-8,10H2,(H,17,21). The minimum Gasteiger partial charge on any atom is -0.353 e. The van der Waals surface area contributed by atoms with Gasteiger partial charge in [0.1, 0.15) is 11.6 Å². The molecule has 1 aliphatic carbocycles. The normalized spacial score (nSPS) is 21.2. The Morgan fingerprint density at radius 1 is 1.32 bits per heavy atom. The summed E-state index contributed by atoms with van der Waals surface area (Å²) in [4.78, 5) is 13.3. The molecule has 1 N–H and O–H groups in total. The second-order valence-corrected chi connectivity index (χ2v) is 7.28. The van der Waals surface area contributed by atoms with Crippen LogP contribution in [0.2, 0.25) is 0 Å². The monoisotopic (exact) mass is 316 g/mol. The van der Waals surface area contributed by atoms with Crippen molar-refractivity contribution in [2.75, 3.05) is 0 Å². The first-order valence-electron chi connectivity index (χ1n) is 8.03. The predicted octanol–water partition coefficient (Wildman–Crippen LogP) is 2.28. The van der Waals surface area contributed by atoms with Gasteiger partial charge in [-0.05, 0) is 37.1 Å². The van der Waals surface area contributed by atoms with Crippen molar-refractivity contribution >= 4 is 17.2 Å². The van der Waals surface area contributed by atoms with E-state index in [9.17, 15) is 4.79 Å². The van der Waals surface area contributed by atoms with Crippen molar-refractivity contribution in [3.05, 3.63) is 34.0 Å². The number of aryl methyl sites for hydroxylation is 1. The second-order valence-electron chi connectivity index (χ2n) is 6.25. The fourth-order valence-electron chi connectivity index (χ4n) is 3.15. The fourth-order valence-corrected chi connectivity index (χ4v) is 3.85. The van der Waals surface area contributed by atoms with E-state index in [0.717, 1.165) is 36.5 Å². The molecular weight excluding hydrogens is 296 g/mol. The van der Waals surface area contributed by atoms with E-state index < -0.39 is 0 Å². The Labute approximate surface area is 133 Å².